The fourth-order valence-corrected chi connectivity index (χ4v) is 1.21. The first-order chi connectivity index (χ1) is 6.77. The summed E-state index contributed by atoms with van der Waals surface area (Å²) in [5.74, 6) is 0.281. The summed E-state index contributed by atoms with van der Waals surface area (Å²) >= 11 is 4.03. The molecule has 0 fully saturated rings. The van der Waals surface area contributed by atoms with E-state index in [9.17, 15) is 4.79 Å². The van der Waals surface area contributed by atoms with Crippen LogP contribution in [0.15, 0.2) is 24.3 Å². The third-order valence-electron chi connectivity index (χ3n) is 1.68. The average molecular weight is 211 g/mol. The lowest BCUT2D eigenvalue weighted by atomic mass is 10.2. The first-order valence-corrected chi connectivity index (χ1v) is 5.03. The molecule has 0 aliphatic rings. The molecule has 0 radical (unpaired) electrons. The number of rotatable bonds is 4. The van der Waals surface area contributed by atoms with Crippen LogP contribution < -0.4 is 5.32 Å². The maximum absolute atomic E-state index is 11.3. The molecule has 14 heavy (non-hydrogen) atoms. The standard InChI is InChI=1S/C10H13NO2S/c1-2-13-10(12)8-3-5-9(6-4-8)11-7-14/h3-6,11,14H,2,7H2,1H3. The summed E-state index contributed by atoms with van der Waals surface area (Å²) in [4.78, 5) is 11.3. The van der Waals surface area contributed by atoms with Gasteiger partial charge in [-0.25, -0.2) is 4.79 Å². The van der Waals surface area contributed by atoms with E-state index >= 15 is 0 Å². The van der Waals surface area contributed by atoms with Crippen molar-refractivity contribution in [2.45, 2.75) is 6.92 Å². The molecule has 3 nitrogen and oxygen atoms in total. The minimum atomic E-state index is -0.287. The summed E-state index contributed by atoms with van der Waals surface area (Å²) < 4.78 is 4.85. The highest BCUT2D eigenvalue weighted by Gasteiger charge is 2.04. The zero-order chi connectivity index (χ0) is 10.4. The topological polar surface area (TPSA) is 38.3 Å². The Labute approximate surface area is 88.9 Å². The number of carbonyl (C=O) groups excluding carboxylic acids is 1. The molecule has 0 atom stereocenters. The zero-order valence-corrected chi connectivity index (χ0v) is 8.88. The van der Waals surface area contributed by atoms with Crippen molar-refractivity contribution < 1.29 is 9.53 Å². The van der Waals surface area contributed by atoms with Gasteiger partial charge in [-0.2, -0.15) is 12.6 Å². The Morgan fingerprint density at radius 3 is 2.57 bits per heavy atom. The van der Waals surface area contributed by atoms with Crippen LogP contribution in [0, 0.1) is 0 Å². The van der Waals surface area contributed by atoms with Gasteiger partial charge < -0.3 is 10.1 Å². The van der Waals surface area contributed by atoms with Gasteiger partial charge in [0.1, 0.15) is 0 Å². The summed E-state index contributed by atoms with van der Waals surface area (Å²) in [6, 6.07) is 7.10. The van der Waals surface area contributed by atoms with Gasteiger partial charge in [-0.15, -0.1) is 0 Å². The van der Waals surface area contributed by atoms with E-state index in [1.807, 2.05) is 12.1 Å². The lowest BCUT2D eigenvalue weighted by Gasteiger charge is -2.04. The largest absolute Gasteiger partial charge is 0.462 e. The Morgan fingerprint density at radius 2 is 2.07 bits per heavy atom. The van der Waals surface area contributed by atoms with Gasteiger partial charge in [0.15, 0.2) is 0 Å². The smallest absolute Gasteiger partial charge is 0.338 e. The quantitative estimate of drug-likeness (QED) is 0.455. The summed E-state index contributed by atoms with van der Waals surface area (Å²) in [6.45, 7) is 2.18. The van der Waals surface area contributed by atoms with Crippen LogP contribution >= 0.6 is 12.6 Å². The highest BCUT2D eigenvalue weighted by Crippen LogP contribution is 2.10. The number of anilines is 1. The molecular weight excluding hydrogens is 198 g/mol. The van der Waals surface area contributed by atoms with E-state index in [4.69, 9.17) is 4.74 Å². The van der Waals surface area contributed by atoms with Crippen LogP contribution in [0.5, 0.6) is 0 Å². The van der Waals surface area contributed by atoms with Crippen molar-refractivity contribution in [1.82, 2.24) is 0 Å². The monoisotopic (exact) mass is 211 g/mol. The summed E-state index contributed by atoms with van der Waals surface area (Å²) in [6.07, 6.45) is 0. The molecule has 1 N–H and O–H groups in total. The lowest BCUT2D eigenvalue weighted by molar-refractivity contribution is 0.0526. The molecule has 0 bridgehead atoms. The summed E-state index contributed by atoms with van der Waals surface area (Å²) in [5, 5.41) is 3.02. The van der Waals surface area contributed by atoms with Crippen LogP contribution in [-0.4, -0.2) is 18.5 Å². The van der Waals surface area contributed by atoms with E-state index < -0.39 is 0 Å². The molecule has 0 saturated carbocycles. The molecule has 0 saturated heterocycles. The molecule has 0 aliphatic carbocycles. The highest BCUT2D eigenvalue weighted by molar-refractivity contribution is 7.80. The SMILES string of the molecule is CCOC(=O)c1ccc(NCS)cc1. The molecule has 76 valence electrons. The first-order valence-electron chi connectivity index (χ1n) is 4.40. The molecular formula is C10H13NO2S. The first kappa shape index (κ1) is 10.9. The van der Waals surface area contributed by atoms with Crippen LogP contribution in [0.2, 0.25) is 0 Å². The molecule has 0 amide bonds. The summed E-state index contributed by atoms with van der Waals surface area (Å²) in [7, 11) is 0. The molecule has 0 unspecified atom stereocenters. The van der Waals surface area contributed by atoms with Crippen LogP contribution in [0.1, 0.15) is 17.3 Å². The lowest BCUT2D eigenvalue weighted by Crippen LogP contribution is -2.04. The number of nitrogens with one attached hydrogen (secondary N) is 1. The molecule has 0 spiro atoms. The second-order valence-corrected chi connectivity index (χ2v) is 2.95. The third kappa shape index (κ3) is 2.96. The van der Waals surface area contributed by atoms with Gasteiger partial charge in [0, 0.05) is 5.69 Å². The van der Waals surface area contributed by atoms with Crippen molar-refractivity contribution in [3.05, 3.63) is 29.8 Å². The zero-order valence-electron chi connectivity index (χ0n) is 7.99. The minimum absolute atomic E-state index is 0.287. The Kier molecular flexibility index (Phi) is 4.32. The number of thiol groups is 1. The van der Waals surface area contributed by atoms with Crippen LogP contribution in [0.4, 0.5) is 5.69 Å². The van der Waals surface area contributed by atoms with Crippen LogP contribution in [0.25, 0.3) is 0 Å². The van der Waals surface area contributed by atoms with Crippen molar-refractivity contribution in [3.63, 3.8) is 0 Å². The maximum Gasteiger partial charge on any atom is 0.338 e. The Hall–Kier alpha value is -1.16. The van der Waals surface area contributed by atoms with Gasteiger partial charge in [-0.05, 0) is 31.2 Å². The van der Waals surface area contributed by atoms with Crippen molar-refractivity contribution in [3.8, 4) is 0 Å². The van der Waals surface area contributed by atoms with Crippen LogP contribution in [-0.2, 0) is 4.74 Å². The van der Waals surface area contributed by atoms with Gasteiger partial charge in [-0.3, -0.25) is 0 Å². The minimum Gasteiger partial charge on any atom is -0.462 e. The Bertz CT molecular complexity index is 297. The van der Waals surface area contributed by atoms with E-state index in [0.29, 0.717) is 18.0 Å². The van der Waals surface area contributed by atoms with E-state index in [-0.39, 0.29) is 5.97 Å². The normalized spacial score (nSPS) is 9.57. The second-order valence-electron chi connectivity index (χ2n) is 2.63. The number of hydrogen-bond donors (Lipinski definition) is 2. The van der Waals surface area contributed by atoms with Crippen molar-refractivity contribution in [1.29, 1.82) is 0 Å². The predicted molar refractivity (Wildman–Crippen MR) is 59.9 cm³/mol. The second kappa shape index (κ2) is 5.54. The predicted octanol–water partition coefficient (Wildman–Crippen LogP) is 2.16. The van der Waals surface area contributed by atoms with Gasteiger partial charge in [0.05, 0.1) is 18.0 Å². The molecule has 0 aliphatic heterocycles. The van der Waals surface area contributed by atoms with E-state index in [2.05, 4.69) is 17.9 Å². The van der Waals surface area contributed by atoms with Crippen LogP contribution in [0.3, 0.4) is 0 Å². The van der Waals surface area contributed by atoms with Crippen molar-refractivity contribution >= 4 is 24.3 Å². The number of hydrogen-bond acceptors (Lipinski definition) is 4. The van der Waals surface area contributed by atoms with E-state index in [1.54, 1.807) is 19.1 Å². The number of benzene rings is 1. The molecule has 1 aromatic rings. The third-order valence-corrected chi connectivity index (χ3v) is 1.84. The molecule has 0 heterocycles. The molecule has 1 rings (SSSR count). The number of carbonyl (C=O) groups is 1. The fraction of sp³-hybridized carbons (Fsp3) is 0.300. The summed E-state index contributed by atoms with van der Waals surface area (Å²) in [5.41, 5.74) is 1.50. The number of ether oxygens (including phenoxy) is 1. The molecule has 0 aromatic heterocycles. The average Bonchev–Trinajstić information content (AvgIpc) is 2.20. The van der Waals surface area contributed by atoms with Gasteiger partial charge >= 0.3 is 5.97 Å². The molecule has 4 heteroatoms. The van der Waals surface area contributed by atoms with E-state index in [0.717, 1.165) is 5.69 Å². The highest BCUT2D eigenvalue weighted by atomic mass is 32.1. The Morgan fingerprint density at radius 1 is 1.43 bits per heavy atom. The van der Waals surface area contributed by atoms with Crippen molar-refractivity contribution in [2.75, 3.05) is 17.8 Å². The fourth-order valence-electron chi connectivity index (χ4n) is 1.03. The van der Waals surface area contributed by atoms with E-state index in [1.165, 1.54) is 0 Å². The van der Waals surface area contributed by atoms with Gasteiger partial charge in [0.2, 0.25) is 0 Å². The number of esters is 1. The van der Waals surface area contributed by atoms with Crippen molar-refractivity contribution in [2.24, 2.45) is 0 Å². The molecule has 1 aromatic carbocycles. The van der Waals surface area contributed by atoms with Gasteiger partial charge in [-0.1, -0.05) is 0 Å². The Balaban J connectivity index is 2.67. The maximum atomic E-state index is 11.3. The van der Waals surface area contributed by atoms with Gasteiger partial charge in [0.25, 0.3) is 0 Å².